The minimum absolute atomic E-state index is 0.348. The Kier molecular flexibility index (Phi) is 4.03. The van der Waals surface area contributed by atoms with Gasteiger partial charge in [0.15, 0.2) is 0 Å². The summed E-state index contributed by atoms with van der Waals surface area (Å²) in [5.41, 5.74) is 4.01. The SMILES string of the molecule is CCCNC1COc2ccc(Cc3ccccc3)cc21. The average Bonchev–Trinajstić information content (AvgIpc) is 2.89. The van der Waals surface area contributed by atoms with Crippen LogP contribution in [0.4, 0.5) is 0 Å². The van der Waals surface area contributed by atoms with Gasteiger partial charge >= 0.3 is 0 Å². The molecular weight excluding hydrogens is 246 g/mol. The number of fused-ring (bicyclic) bond motifs is 1. The standard InChI is InChI=1S/C18H21NO/c1-2-10-19-17-13-20-18-9-8-15(12-16(17)18)11-14-6-4-3-5-7-14/h3-9,12,17,19H,2,10-11,13H2,1H3. The van der Waals surface area contributed by atoms with E-state index in [2.05, 4.69) is 60.8 Å². The van der Waals surface area contributed by atoms with E-state index in [-0.39, 0.29) is 0 Å². The first-order valence-corrected chi connectivity index (χ1v) is 7.39. The van der Waals surface area contributed by atoms with Gasteiger partial charge in [-0.15, -0.1) is 0 Å². The number of nitrogens with one attached hydrogen (secondary N) is 1. The minimum atomic E-state index is 0.348. The lowest BCUT2D eigenvalue weighted by Gasteiger charge is -2.11. The van der Waals surface area contributed by atoms with Gasteiger partial charge in [0.05, 0.1) is 6.04 Å². The fourth-order valence-electron chi connectivity index (χ4n) is 2.69. The van der Waals surface area contributed by atoms with Crippen molar-refractivity contribution in [2.24, 2.45) is 0 Å². The molecule has 2 heteroatoms. The maximum absolute atomic E-state index is 5.75. The molecule has 2 aromatic carbocycles. The summed E-state index contributed by atoms with van der Waals surface area (Å²) in [7, 11) is 0. The van der Waals surface area contributed by atoms with E-state index in [1.54, 1.807) is 0 Å². The van der Waals surface area contributed by atoms with Crippen molar-refractivity contribution in [3.8, 4) is 5.75 Å². The molecule has 1 atom stereocenters. The van der Waals surface area contributed by atoms with Crippen molar-refractivity contribution in [2.45, 2.75) is 25.8 Å². The van der Waals surface area contributed by atoms with Crippen LogP contribution in [0.5, 0.6) is 5.75 Å². The maximum Gasteiger partial charge on any atom is 0.124 e. The normalized spacial score (nSPS) is 16.8. The highest BCUT2D eigenvalue weighted by Crippen LogP contribution is 2.33. The van der Waals surface area contributed by atoms with Gasteiger partial charge in [0.1, 0.15) is 12.4 Å². The Morgan fingerprint density at radius 1 is 1.10 bits per heavy atom. The Morgan fingerprint density at radius 2 is 1.95 bits per heavy atom. The highest BCUT2D eigenvalue weighted by molar-refractivity contribution is 5.43. The van der Waals surface area contributed by atoms with Gasteiger partial charge in [-0.2, -0.15) is 0 Å². The summed E-state index contributed by atoms with van der Waals surface area (Å²) in [6.07, 6.45) is 2.13. The lowest BCUT2D eigenvalue weighted by molar-refractivity contribution is 0.311. The molecule has 1 heterocycles. The van der Waals surface area contributed by atoms with E-state index < -0.39 is 0 Å². The molecule has 1 aliphatic heterocycles. The first kappa shape index (κ1) is 13.2. The second-order valence-corrected chi connectivity index (χ2v) is 5.35. The molecular formula is C18H21NO. The Labute approximate surface area is 120 Å². The summed E-state index contributed by atoms with van der Waals surface area (Å²) in [6, 6.07) is 17.5. The topological polar surface area (TPSA) is 21.3 Å². The van der Waals surface area contributed by atoms with E-state index in [1.807, 2.05) is 0 Å². The molecule has 0 spiro atoms. The second-order valence-electron chi connectivity index (χ2n) is 5.35. The van der Waals surface area contributed by atoms with Crippen LogP contribution in [-0.2, 0) is 6.42 Å². The van der Waals surface area contributed by atoms with Crippen LogP contribution in [0.3, 0.4) is 0 Å². The lowest BCUT2D eigenvalue weighted by atomic mass is 10.00. The molecule has 0 saturated heterocycles. The van der Waals surface area contributed by atoms with E-state index >= 15 is 0 Å². The van der Waals surface area contributed by atoms with Crippen molar-refractivity contribution in [2.75, 3.05) is 13.2 Å². The van der Waals surface area contributed by atoms with Crippen LogP contribution in [-0.4, -0.2) is 13.2 Å². The van der Waals surface area contributed by atoms with Crippen LogP contribution in [0, 0.1) is 0 Å². The van der Waals surface area contributed by atoms with Gasteiger partial charge < -0.3 is 10.1 Å². The first-order valence-electron chi connectivity index (χ1n) is 7.39. The molecule has 0 aliphatic carbocycles. The van der Waals surface area contributed by atoms with E-state index in [0.717, 1.165) is 31.7 Å². The lowest BCUT2D eigenvalue weighted by Crippen LogP contribution is -2.23. The third kappa shape index (κ3) is 2.86. The van der Waals surface area contributed by atoms with Gasteiger partial charge in [-0.1, -0.05) is 49.4 Å². The van der Waals surface area contributed by atoms with E-state index in [1.165, 1.54) is 16.7 Å². The Balaban J connectivity index is 1.78. The molecule has 0 fully saturated rings. The van der Waals surface area contributed by atoms with Gasteiger partial charge in [0.2, 0.25) is 0 Å². The largest absolute Gasteiger partial charge is 0.491 e. The number of rotatable bonds is 5. The zero-order valence-electron chi connectivity index (χ0n) is 11.9. The zero-order chi connectivity index (χ0) is 13.8. The summed E-state index contributed by atoms with van der Waals surface area (Å²) in [4.78, 5) is 0. The number of hydrogen-bond donors (Lipinski definition) is 1. The van der Waals surface area contributed by atoms with Gasteiger partial charge in [-0.05, 0) is 36.6 Å². The first-order chi connectivity index (χ1) is 9.86. The summed E-state index contributed by atoms with van der Waals surface area (Å²) in [5.74, 6) is 1.04. The molecule has 1 aliphatic rings. The molecule has 0 bridgehead atoms. The molecule has 104 valence electrons. The van der Waals surface area contributed by atoms with Gasteiger partial charge in [-0.25, -0.2) is 0 Å². The fourth-order valence-corrected chi connectivity index (χ4v) is 2.69. The molecule has 2 nitrogen and oxygen atoms in total. The van der Waals surface area contributed by atoms with Crippen LogP contribution in [0.25, 0.3) is 0 Å². The van der Waals surface area contributed by atoms with Crippen molar-refractivity contribution < 1.29 is 4.74 Å². The summed E-state index contributed by atoms with van der Waals surface area (Å²) in [5, 5.41) is 3.55. The third-order valence-corrected chi connectivity index (χ3v) is 3.75. The molecule has 0 aromatic heterocycles. The number of benzene rings is 2. The molecule has 0 radical (unpaired) electrons. The minimum Gasteiger partial charge on any atom is -0.491 e. The second kappa shape index (κ2) is 6.10. The summed E-state index contributed by atoms with van der Waals surface area (Å²) < 4.78 is 5.75. The quantitative estimate of drug-likeness (QED) is 0.891. The van der Waals surface area contributed by atoms with E-state index in [9.17, 15) is 0 Å². The van der Waals surface area contributed by atoms with Crippen molar-refractivity contribution in [1.82, 2.24) is 5.32 Å². The van der Waals surface area contributed by atoms with Gasteiger partial charge in [0.25, 0.3) is 0 Å². The summed E-state index contributed by atoms with van der Waals surface area (Å²) >= 11 is 0. The zero-order valence-corrected chi connectivity index (χ0v) is 11.9. The highest BCUT2D eigenvalue weighted by Gasteiger charge is 2.23. The molecule has 2 aromatic rings. The van der Waals surface area contributed by atoms with Crippen LogP contribution in [0.1, 0.15) is 36.1 Å². The van der Waals surface area contributed by atoms with Crippen LogP contribution >= 0.6 is 0 Å². The van der Waals surface area contributed by atoms with Gasteiger partial charge in [-0.3, -0.25) is 0 Å². The van der Waals surface area contributed by atoms with Crippen molar-refractivity contribution in [1.29, 1.82) is 0 Å². The number of ether oxygens (including phenoxy) is 1. The van der Waals surface area contributed by atoms with Crippen LogP contribution in [0.15, 0.2) is 48.5 Å². The van der Waals surface area contributed by atoms with Crippen LogP contribution in [0.2, 0.25) is 0 Å². The smallest absolute Gasteiger partial charge is 0.124 e. The fraction of sp³-hybridized carbons (Fsp3) is 0.333. The van der Waals surface area contributed by atoms with E-state index in [4.69, 9.17) is 4.74 Å². The van der Waals surface area contributed by atoms with Crippen LogP contribution < -0.4 is 10.1 Å². The molecule has 20 heavy (non-hydrogen) atoms. The Morgan fingerprint density at radius 3 is 2.75 bits per heavy atom. The average molecular weight is 267 g/mol. The number of hydrogen-bond acceptors (Lipinski definition) is 2. The summed E-state index contributed by atoms with van der Waals surface area (Å²) in [6.45, 7) is 3.98. The molecule has 3 rings (SSSR count). The third-order valence-electron chi connectivity index (χ3n) is 3.75. The predicted octanol–water partition coefficient (Wildman–Crippen LogP) is 3.71. The Bertz CT molecular complexity index is 565. The molecule has 1 N–H and O–H groups in total. The molecule has 0 amide bonds. The van der Waals surface area contributed by atoms with E-state index in [0.29, 0.717) is 6.04 Å². The Hall–Kier alpha value is -1.80. The maximum atomic E-state index is 5.75. The monoisotopic (exact) mass is 267 g/mol. The molecule has 0 saturated carbocycles. The molecule has 1 unspecified atom stereocenters. The predicted molar refractivity (Wildman–Crippen MR) is 82.2 cm³/mol. The van der Waals surface area contributed by atoms with Crippen molar-refractivity contribution in [3.05, 3.63) is 65.2 Å². The van der Waals surface area contributed by atoms with Crippen molar-refractivity contribution >= 4 is 0 Å². The van der Waals surface area contributed by atoms with Gasteiger partial charge in [0, 0.05) is 5.56 Å². The highest BCUT2D eigenvalue weighted by atomic mass is 16.5. The van der Waals surface area contributed by atoms with Crippen molar-refractivity contribution in [3.63, 3.8) is 0 Å².